The van der Waals surface area contributed by atoms with Crippen molar-refractivity contribution in [3.63, 3.8) is 0 Å². The number of hydrogen-bond acceptors (Lipinski definition) is 2. The molecule has 0 saturated heterocycles. The summed E-state index contributed by atoms with van der Waals surface area (Å²) in [5.41, 5.74) is 0. The van der Waals surface area contributed by atoms with E-state index in [0.29, 0.717) is 5.92 Å². The maximum Gasteiger partial charge on any atom is 0.0571 e. The summed E-state index contributed by atoms with van der Waals surface area (Å²) in [6.07, 6.45) is 7.20. The fourth-order valence-electron chi connectivity index (χ4n) is 2.74. The van der Waals surface area contributed by atoms with Crippen LogP contribution in [0, 0.1) is 11.8 Å². The third kappa shape index (κ3) is 5.19. The molecule has 0 spiro atoms. The van der Waals surface area contributed by atoms with E-state index in [0.717, 1.165) is 12.3 Å². The van der Waals surface area contributed by atoms with Crippen LogP contribution >= 0.6 is 11.8 Å². The first-order chi connectivity index (χ1) is 9.31. The van der Waals surface area contributed by atoms with Gasteiger partial charge < -0.3 is 5.11 Å². The summed E-state index contributed by atoms with van der Waals surface area (Å²) in [6.45, 7) is 2.22. The van der Waals surface area contributed by atoms with Crippen molar-refractivity contribution in [1.29, 1.82) is 0 Å². The van der Waals surface area contributed by atoms with E-state index in [9.17, 15) is 5.11 Å². The van der Waals surface area contributed by atoms with E-state index in [-0.39, 0.29) is 6.10 Å². The molecule has 0 aromatic heterocycles. The lowest BCUT2D eigenvalue weighted by molar-refractivity contribution is 0.131. The van der Waals surface area contributed by atoms with Crippen molar-refractivity contribution in [2.24, 2.45) is 11.8 Å². The molecule has 2 heteroatoms. The van der Waals surface area contributed by atoms with Crippen molar-refractivity contribution >= 4 is 11.8 Å². The summed E-state index contributed by atoms with van der Waals surface area (Å²) in [7, 11) is 0. The maximum atomic E-state index is 10.1. The van der Waals surface area contributed by atoms with Gasteiger partial charge in [0.1, 0.15) is 0 Å². The van der Waals surface area contributed by atoms with Crippen LogP contribution in [0.3, 0.4) is 0 Å². The summed E-state index contributed by atoms with van der Waals surface area (Å²) in [4.78, 5) is 1.36. The highest BCUT2D eigenvalue weighted by Gasteiger charge is 2.41. The minimum absolute atomic E-state index is 0.0294. The number of hydrogen-bond donors (Lipinski definition) is 1. The summed E-state index contributed by atoms with van der Waals surface area (Å²) >= 11 is 1.94. The van der Waals surface area contributed by atoms with Gasteiger partial charge in [-0.2, -0.15) is 0 Å². The van der Waals surface area contributed by atoms with Gasteiger partial charge in [-0.1, -0.05) is 44.4 Å². The number of aliphatic hydroxyl groups excluding tert-OH is 1. The maximum absolute atomic E-state index is 10.1. The van der Waals surface area contributed by atoms with E-state index in [1.165, 1.54) is 42.8 Å². The van der Waals surface area contributed by atoms with Crippen LogP contribution in [0.25, 0.3) is 0 Å². The Kier molecular flexibility index (Phi) is 6.25. The van der Waals surface area contributed by atoms with Gasteiger partial charge in [-0.15, -0.1) is 11.8 Å². The molecular weight excluding hydrogens is 252 g/mol. The summed E-state index contributed by atoms with van der Waals surface area (Å²) in [5.74, 6) is 2.58. The molecule has 1 saturated carbocycles. The molecule has 0 radical (unpaired) electrons. The molecule has 106 valence electrons. The van der Waals surface area contributed by atoms with Crippen molar-refractivity contribution in [2.45, 2.75) is 56.4 Å². The van der Waals surface area contributed by atoms with Crippen LogP contribution in [0.2, 0.25) is 0 Å². The number of unbranched alkanes of at least 4 members (excludes halogenated alkanes) is 2. The molecule has 3 unspecified atom stereocenters. The third-order valence-electron chi connectivity index (χ3n) is 4.08. The smallest absolute Gasteiger partial charge is 0.0571 e. The standard InChI is InChI=1S/C17H26OS/c1-2-3-5-10-17(18)16-13-14(16)11-12-19-15-8-6-4-7-9-15/h4,6-9,14,16-18H,2-3,5,10-13H2,1H3. The molecule has 1 fully saturated rings. The Bertz CT molecular complexity index is 352. The van der Waals surface area contributed by atoms with Crippen molar-refractivity contribution in [3.05, 3.63) is 30.3 Å². The molecule has 0 heterocycles. The number of thioether (sulfide) groups is 1. The molecule has 1 aromatic carbocycles. The SMILES string of the molecule is CCCCCC(O)C1CC1CCSc1ccccc1. The lowest BCUT2D eigenvalue weighted by Crippen LogP contribution is -2.10. The third-order valence-corrected chi connectivity index (χ3v) is 5.12. The largest absolute Gasteiger partial charge is 0.393 e. The number of aliphatic hydroxyl groups is 1. The molecule has 3 atom stereocenters. The quantitative estimate of drug-likeness (QED) is 0.520. The van der Waals surface area contributed by atoms with Crippen LogP contribution in [-0.2, 0) is 0 Å². The van der Waals surface area contributed by atoms with Gasteiger partial charge in [0.2, 0.25) is 0 Å². The molecular formula is C17H26OS. The van der Waals surface area contributed by atoms with Crippen LogP contribution in [-0.4, -0.2) is 17.0 Å². The van der Waals surface area contributed by atoms with Crippen LogP contribution in [0.5, 0.6) is 0 Å². The Hall–Kier alpha value is -0.470. The van der Waals surface area contributed by atoms with Gasteiger partial charge in [-0.05, 0) is 49.0 Å². The molecule has 1 aliphatic carbocycles. The van der Waals surface area contributed by atoms with Crippen molar-refractivity contribution in [2.75, 3.05) is 5.75 Å². The Morgan fingerprint density at radius 3 is 2.79 bits per heavy atom. The highest BCUT2D eigenvalue weighted by atomic mass is 32.2. The second-order valence-electron chi connectivity index (χ2n) is 5.67. The second kappa shape index (κ2) is 7.96. The fourth-order valence-corrected chi connectivity index (χ4v) is 3.74. The van der Waals surface area contributed by atoms with Gasteiger partial charge >= 0.3 is 0 Å². The predicted molar refractivity (Wildman–Crippen MR) is 83.5 cm³/mol. The van der Waals surface area contributed by atoms with Crippen LogP contribution in [0.15, 0.2) is 35.2 Å². The predicted octanol–water partition coefficient (Wildman–Crippen LogP) is 4.75. The molecule has 0 aliphatic heterocycles. The molecule has 0 bridgehead atoms. The molecule has 2 rings (SSSR count). The highest BCUT2D eigenvalue weighted by molar-refractivity contribution is 7.99. The first-order valence-corrected chi connectivity index (χ1v) is 8.65. The molecule has 19 heavy (non-hydrogen) atoms. The summed E-state index contributed by atoms with van der Waals surface area (Å²) in [6, 6.07) is 10.6. The van der Waals surface area contributed by atoms with E-state index in [1.54, 1.807) is 0 Å². The zero-order chi connectivity index (χ0) is 13.5. The molecule has 0 amide bonds. The van der Waals surface area contributed by atoms with Gasteiger partial charge in [0.15, 0.2) is 0 Å². The van der Waals surface area contributed by atoms with Gasteiger partial charge in [0, 0.05) is 4.90 Å². The zero-order valence-electron chi connectivity index (χ0n) is 11.9. The topological polar surface area (TPSA) is 20.2 Å². The zero-order valence-corrected chi connectivity index (χ0v) is 12.7. The van der Waals surface area contributed by atoms with Crippen LogP contribution < -0.4 is 0 Å². The molecule has 1 N–H and O–H groups in total. The molecule has 1 nitrogen and oxygen atoms in total. The van der Waals surface area contributed by atoms with E-state index < -0.39 is 0 Å². The van der Waals surface area contributed by atoms with E-state index in [2.05, 4.69) is 37.3 Å². The molecule has 1 aliphatic rings. The second-order valence-corrected chi connectivity index (χ2v) is 6.84. The Balaban J connectivity index is 1.56. The average molecular weight is 278 g/mol. The summed E-state index contributed by atoms with van der Waals surface area (Å²) in [5, 5.41) is 10.1. The number of benzene rings is 1. The van der Waals surface area contributed by atoms with Gasteiger partial charge in [-0.25, -0.2) is 0 Å². The Labute approximate surface area is 121 Å². The lowest BCUT2D eigenvalue weighted by atomic mass is 10.1. The van der Waals surface area contributed by atoms with Crippen LogP contribution in [0.4, 0.5) is 0 Å². The van der Waals surface area contributed by atoms with E-state index in [1.807, 2.05) is 11.8 Å². The van der Waals surface area contributed by atoms with Crippen molar-refractivity contribution in [3.8, 4) is 0 Å². The number of rotatable bonds is 9. The highest BCUT2D eigenvalue weighted by Crippen LogP contribution is 2.45. The first kappa shape index (κ1) is 14.9. The van der Waals surface area contributed by atoms with Gasteiger partial charge in [0.05, 0.1) is 6.10 Å². The monoisotopic (exact) mass is 278 g/mol. The minimum atomic E-state index is -0.0294. The lowest BCUT2D eigenvalue weighted by Gasteiger charge is -2.09. The van der Waals surface area contributed by atoms with Gasteiger partial charge in [0.25, 0.3) is 0 Å². The van der Waals surface area contributed by atoms with Crippen LogP contribution in [0.1, 0.15) is 45.4 Å². The van der Waals surface area contributed by atoms with Crippen molar-refractivity contribution in [1.82, 2.24) is 0 Å². The fraction of sp³-hybridized carbons (Fsp3) is 0.647. The van der Waals surface area contributed by atoms with E-state index >= 15 is 0 Å². The average Bonchev–Trinajstić information content (AvgIpc) is 3.20. The summed E-state index contributed by atoms with van der Waals surface area (Å²) < 4.78 is 0. The Morgan fingerprint density at radius 1 is 1.26 bits per heavy atom. The normalized spacial score (nSPS) is 23.3. The minimum Gasteiger partial charge on any atom is -0.393 e. The van der Waals surface area contributed by atoms with E-state index in [4.69, 9.17) is 0 Å². The Morgan fingerprint density at radius 2 is 2.05 bits per heavy atom. The van der Waals surface area contributed by atoms with Crippen molar-refractivity contribution < 1.29 is 5.11 Å². The van der Waals surface area contributed by atoms with Gasteiger partial charge in [-0.3, -0.25) is 0 Å². The first-order valence-electron chi connectivity index (χ1n) is 7.67. The molecule has 1 aromatic rings.